The molecule has 0 radical (unpaired) electrons. The van der Waals surface area contributed by atoms with Gasteiger partial charge in [0.1, 0.15) is 5.94 Å². The zero-order valence-corrected chi connectivity index (χ0v) is 35.0. The standard InChI is InChI=1S/C25H61Cl3Si6/c1-22(2,3)29(13,14)33(21(26)27,30(15,16)23(4,5)6)34(28,31(17,18)24(7,8)9)32(19,20)25(10,11)12/h21H,1-20H3. The molecular weight excluding hydrogens is 575 g/mol. The van der Waals surface area contributed by atoms with Crippen molar-refractivity contribution in [1.82, 2.24) is 0 Å². The number of rotatable bonds is 6. The summed E-state index contributed by atoms with van der Waals surface area (Å²) in [6.07, 6.45) is 0. The van der Waals surface area contributed by atoms with Gasteiger partial charge in [-0.05, 0) is 20.2 Å². The predicted octanol–water partition coefficient (Wildman–Crippen LogP) is 11.4. The predicted molar refractivity (Wildman–Crippen MR) is 182 cm³/mol. The summed E-state index contributed by atoms with van der Waals surface area (Å²) >= 11 is 24.4. The van der Waals surface area contributed by atoms with E-state index in [1.54, 1.807) is 0 Å². The lowest BCUT2D eigenvalue weighted by Crippen LogP contribution is -3.01. The minimum Gasteiger partial charge on any atom is -0.178 e. The van der Waals surface area contributed by atoms with Crippen LogP contribution in [0.3, 0.4) is 0 Å². The summed E-state index contributed by atoms with van der Waals surface area (Å²) in [5.41, 5.74) is 0. The van der Waals surface area contributed by atoms with Crippen molar-refractivity contribution in [3.8, 4) is 0 Å². The molecule has 0 bridgehead atoms. The first kappa shape index (κ1) is 36.2. The average molecular weight is 637 g/mol. The molecule has 0 atom stereocenters. The molecule has 0 aliphatic carbocycles. The van der Waals surface area contributed by atoms with Crippen LogP contribution in [0.5, 0.6) is 0 Å². The smallest absolute Gasteiger partial charge is 0.131 e. The normalized spacial score (nSPS) is 16.9. The van der Waals surface area contributed by atoms with Gasteiger partial charge in [-0.1, -0.05) is 135 Å². The SMILES string of the molecule is CC(C)(C)[Si](C)(C)[Si](Cl)([Si](C)(C)C(C)(C)C)[Si](C(Cl)Cl)([Si](C)(C)C(C)(C)C)[Si](C)(C)C(C)(C)C. The van der Waals surface area contributed by atoms with Crippen LogP contribution in [-0.2, 0) is 0 Å². The molecule has 0 aliphatic heterocycles. The molecule has 0 fully saturated rings. The van der Waals surface area contributed by atoms with Gasteiger partial charge in [-0.2, -0.15) is 11.1 Å². The molecule has 0 aromatic heterocycles. The Morgan fingerprint density at radius 1 is 0.412 bits per heavy atom. The van der Waals surface area contributed by atoms with E-state index in [-0.39, 0.29) is 24.6 Å². The Balaban J connectivity index is 8.86. The van der Waals surface area contributed by atoms with E-state index in [2.05, 4.69) is 135 Å². The van der Waals surface area contributed by atoms with E-state index in [1.807, 2.05) is 0 Å². The van der Waals surface area contributed by atoms with E-state index in [1.165, 1.54) is 0 Å². The summed E-state index contributed by atoms with van der Waals surface area (Å²) in [5.74, 6) is -2.56. The van der Waals surface area contributed by atoms with Crippen molar-refractivity contribution in [3.05, 3.63) is 0 Å². The Morgan fingerprint density at radius 2 is 0.588 bits per heavy atom. The van der Waals surface area contributed by atoms with Crippen LogP contribution < -0.4 is 0 Å². The van der Waals surface area contributed by atoms with Gasteiger partial charge >= 0.3 is 0 Å². The lowest BCUT2D eigenvalue weighted by Gasteiger charge is -2.74. The third-order valence-corrected chi connectivity index (χ3v) is 160. The third kappa shape index (κ3) is 4.73. The van der Waals surface area contributed by atoms with E-state index in [4.69, 9.17) is 34.3 Å². The second-order valence-corrected chi connectivity index (χ2v) is 84.0. The van der Waals surface area contributed by atoms with Crippen molar-refractivity contribution in [2.45, 2.75) is 160 Å². The molecular formula is C25H61Cl3Si6. The van der Waals surface area contributed by atoms with Crippen LogP contribution in [0.25, 0.3) is 0 Å². The molecule has 0 nitrogen and oxygen atoms in total. The first-order valence-electron chi connectivity index (χ1n) is 13.2. The number of alkyl halides is 2. The summed E-state index contributed by atoms with van der Waals surface area (Å²) in [6, 6.07) is 0. The number of hydrogen-bond acceptors (Lipinski definition) is 0. The summed E-state index contributed by atoms with van der Waals surface area (Å²) in [5, 5.41) is 0.771. The van der Waals surface area contributed by atoms with Crippen LogP contribution in [0.2, 0.25) is 72.5 Å². The van der Waals surface area contributed by atoms with Crippen LogP contribution >= 0.6 is 34.3 Å². The van der Waals surface area contributed by atoms with Gasteiger partial charge in [0.25, 0.3) is 0 Å². The molecule has 0 N–H and O–H groups in total. The first-order valence-corrected chi connectivity index (χ1v) is 36.1. The fraction of sp³-hybridized carbons (Fsp3) is 1.00. The van der Waals surface area contributed by atoms with Crippen molar-refractivity contribution in [1.29, 1.82) is 0 Å². The van der Waals surface area contributed by atoms with Gasteiger partial charge in [-0.3, -0.25) is 0 Å². The van der Waals surface area contributed by atoms with Crippen LogP contribution in [0.4, 0.5) is 0 Å². The Kier molecular flexibility index (Phi) is 10.3. The third-order valence-electron chi connectivity index (χ3n) is 12.1. The minimum absolute atomic E-state index is 0.189. The zero-order valence-electron chi connectivity index (χ0n) is 26.7. The lowest BCUT2D eigenvalue weighted by atomic mass is 10.2. The lowest BCUT2D eigenvalue weighted by molar-refractivity contribution is 0.722. The van der Waals surface area contributed by atoms with Crippen LogP contribution in [0.15, 0.2) is 0 Å². The molecule has 34 heavy (non-hydrogen) atoms. The molecule has 0 aliphatic rings. The number of halogens is 3. The number of hydrogen-bond donors (Lipinski definition) is 0. The van der Waals surface area contributed by atoms with E-state index in [9.17, 15) is 0 Å². The van der Waals surface area contributed by atoms with Gasteiger partial charge in [0.05, 0.1) is 26.3 Å². The fourth-order valence-corrected chi connectivity index (χ4v) is 251. The van der Waals surface area contributed by atoms with Gasteiger partial charge in [0, 0.05) is 15.2 Å². The molecule has 0 saturated heterocycles. The topological polar surface area (TPSA) is 0 Å². The quantitative estimate of drug-likeness (QED) is 0.155. The van der Waals surface area contributed by atoms with Gasteiger partial charge < -0.3 is 0 Å². The van der Waals surface area contributed by atoms with E-state index < -0.39 is 42.9 Å². The Morgan fingerprint density at radius 3 is 0.706 bits per heavy atom. The maximum absolute atomic E-state index is 9.02. The summed E-state index contributed by atoms with van der Waals surface area (Å²) in [4.78, 5) is 0. The second-order valence-electron chi connectivity index (χ2n) is 17.3. The highest BCUT2D eigenvalue weighted by molar-refractivity contribution is 8.18. The molecule has 0 unspecified atom stereocenters. The highest BCUT2D eigenvalue weighted by Crippen LogP contribution is 2.65. The van der Waals surface area contributed by atoms with E-state index in [0.717, 1.165) is 0 Å². The van der Waals surface area contributed by atoms with Gasteiger partial charge in [0.15, 0.2) is 0 Å². The summed E-state index contributed by atoms with van der Waals surface area (Å²) < 4.78 is -0.304. The van der Waals surface area contributed by atoms with Gasteiger partial charge in [0.2, 0.25) is 0 Å². The second kappa shape index (κ2) is 9.67. The van der Waals surface area contributed by atoms with Crippen molar-refractivity contribution in [2.24, 2.45) is 0 Å². The Hall–Kier alpha value is 2.17. The minimum atomic E-state index is -2.56. The highest BCUT2D eigenvalue weighted by Gasteiger charge is 2.84. The maximum atomic E-state index is 9.02. The van der Waals surface area contributed by atoms with Crippen LogP contribution in [0.1, 0.15) is 83.1 Å². The summed E-state index contributed by atoms with van der Waals surface area (Å²) in [6.45, 7) is 48.8. The first-order chi connectivity index (χ1) is 14.2. The van der Waals surface area contributed by atoms with Crippen molar-refractivity contribution in [2.75, 3.05) is 0 Å². The van der Waals surface area contributed by atoms with Gasteiger partial charge in [-0.15, -0.1) is 23.2 Å². The molecule has 0 amide bonds. The molecule has 0 aromatic rings. The molecule has 0 spiro atoms. The Bertz CT molecular complexity index is 678. The highest BCUT2D eigenvalue weighted by atomic mass is 35.6. The Labute approximate surface area is 235 Å². The van der Waals surface area contributed by atoms with Crippen molar-refractivity contribution >= 4 is 77.2 Å². The monoisotopic (exact) mass is 634 g/mol. The van der Waals surface area contributed by atoms with Crippen LogP contribution in [0, 0.1) is 0 Å². The van der Waals surface area contributed by atoms with Gasteiger partial charge in [-0.25, -0.2) is 0 Å². The van der Waals surface area contributed by atoms with Crippen molar-refractivity contribution < 1.29 is 0 Å². The summed E-state index contributed by atoms with van der Waals surface area (Å²) in [7, 11) is -8.24. The molecule has 0 aromatic carbocycles. The molecule has 0 saturated carbocycles. The van der Waals surface area contributed by atoms with E-state index >= 15 is 0 Å². The molecule has 0 rings (SSSR count). The fourth-order valence-electron chi connectivity index (χ4n) is 6.32. The largest absolute Gasteiger partial charge is 0.178 e. The molecule has 0 heterocycles. The zero-order chi connectivity index (χ0) is 28.6. The maximum Gasteiger partial charge on any atom is 0.131 e. The molecule has 9 heteroatoms. The van der Waals surface area contributed by atoms with E-state index in [0.29, 0.717) is 0 Å². The van der Waals surface area contributed by atoms with Crippen molar-refractivity contribution in [3.63, 3.8) is 0 Å². The average Bonchev–Trinajstić information content (AvgIpc) is 2.49. The van der Waals surface area contributed by atoms with Crippen LogP contribution in [-0.4, -0.2) is 47.4 Å². The molecule has 206 valence electrons.